The van der Waals surface area contributed by atoms with Gasteiger partial charge in [0.2, 0.25) is 0 Å². The largest absolute Gasteiger partial charge is 0.481 e. The third kappa shape index (κ3) is 8.44. The molecule has 210 valence electrons. The highest BCUT2D eigenvalue weighted by molar-refractivity contribution is 5.71. The summed E-state index contributed by atoms with van der Waals surface area (Å²) in [6.45, 7) is -0.198. The number of aliphatic carboxylic acids is 1. The van der Waals surface area contributed by atoms with E-state index >= 15 is 0 Å². The predicted molar refractivity (Wildman–Crippen MR) is 120 cm³/mol. The zero-order valence-electron chi connectivity index (χ0n) is 20.3. The number of aliphatic hydroxyl groups is 5. The molecule has 10 atom stereocenters. The van der Waals surface area contributed by atoms with Gasteiger partial charge in [-0.05, 0) is 12.8 Å². The second-order valence-corrected chi connectivity index (χ2v) is 8.57. The van der Waals surface area contributed by atoms with E-state index in [0.29, 0.717) is 19.3 Å². The molecule has 2 aliphatic rings. The van der Waals surface area contributed by atoms with Crippen LogP contribution in [0.25, 0.3) is 0 Å². The van der Waals surface area contributed by atoms with Crippen LogP contribution in [0.2, 0.25) is 0 Å². The Labute approximate surface area is 208 Å². The standard InChI is InChI=1S/C21H38N2O13/c1-31-8-10-14(27)18(36-21(22)23-7-5-3-4-6-12(24)25)17(30)20(35-10)33-9-11-13(26)15(28)16(29)19(32-2)34-11/h10-11,13-20,26-30H,3-9H2,1-2H3,(H2,22,23)(H,24,25)/t10?,11?,13-,14-,15+,16?,17?,18+,19+,20-/m1/s1. The Balaban J connectivity index is 1.98. The number of carboxylic acid groups (broad SMARTS) is 1. The molecule has 2 rings (SSSR count). The smallest absolute Gasteiger partial charge is 0.303 e. The number of amidine groups is 1. The lowest BCUT2D eigenvalue weighted by atomic mass is 9.98. The van der Waals surface area contributed by atoms with E-state index in [9.17, 15) is 30.3 Å². The number of hydrogen-bond donors (Lipinski definition) is 7. The second kappa shape index (κ2) is 14.9. The molecule has 2 aliphatic heterocycles. The van der Waals surface area contributed by atoms with Crippen molar-refractivity contribution in [2.75, 3.05) is 34.0 Å². The van der Waals surface area contributed by atoms with Gasteiger partial charge >= 0.3 is 5.97 Å². The molecule has 0 bridgehead atoms. The van der Waals surface area contributed by atoms with Gasteiger partial charge in [0.15, 0.2) is 18.7 Å². The van der Waals surface area contributed by atoms with E-state index in [1.54, 1.807) is 0 Å². The molecular formula is C21H38N2O13. The number of ether oxygens (including phenoxy) is 6. The van der Waals surface area contributed by atoms with Crippen molar-refractivity contribution in [3.63, 3.8) is 0 Å². The monoisotopic (exact) mass is 526 g/mol. The van der Waals surface area contributed by atoms with Crippen LogP contribution in [0.5, 0.6) is 0 Å². The quantitative estimate of drug-likeness (QED) is 0.0715. The zero-order valence-corrected chi connectivity index (χ0v) is 20.3. The summed E-state index contributed by atoms with van der Waals surface area (Å²) in [5.74, 6) is -0.872. The number of unbranched alkanes of at least 4 members (excludes halogenated alkanes) is 2. The van der Waals surface area contributed by atoms with E-state index in [2.05, 4.69) is 4.99 Å². The molecule has 0 spiro atoms. The molecule has 2 fully saturated rings. The first kappa shape index (κ1) is 30.6. The van der Waals surface area contributed by atoms with Crippen molar-refractivity contribution in [2.24, 2.45) is 10.7 Å². The number of rotatable bonds is 13. The Hall–Kier alpha value is -1.66. The van der Waals surface area contributed by atoms with E-state index < -0.39 is 67.4 Å². The van der Waals surface area contributed by atoms with Crippen molar-refractivity contribution in [3.8, 4) is 0 Å². The van der Waals surface area contributed by atoms with Crippen molar-refractivity contribution in [2.45, 2.75) is 87.1 Å². The third-order valence-electron chi connectivity index (χ3n) is 5.87. The summed E-state index contributed by atoms with van der Waals surface area (Å²) in [5, 5.41) is 60.1. The molecule has 0 saturated carbocycles. The molecule has 0 aromatic carbocycles. The molecule has 2 saturated heterocycles. The summed E-state index contributed by atoms with van der Waals surface area (Å²) >= 11 is 0. The Morgan fingerprint density at radius 2 is 1.53 bits per heavy atom. The van der Waals surface area contributed by atoms with Crippen LogP contribution in [0.1, 0.15) is 25.7 Å². The van der Waals surface area contributed by atoms with Gasteiger partial charge in [-0.2, -0.15) is 0 Å². The molecule has 0 amide bonds. The summed E-state index contributed by atoms with van der Waals surface area (Å²) in [6, 6.07) is -0.292. The Kier molecular flexibility index (Phi) is 12.7. The van der Waals surface area contributed by atoms with Gasteiger partial charge in [-0.1, -0.05) is 6.42 Å². The first-order valence-corrected chi connectivity index (χ1v) is 11.6. The van der Waals surface area contributed by atoms with Gasteiger partial charge in [-0.3, -0.25) is 4.79 Å². The lowest BCUT2D eigenvalue weighted by Crippen LogP contribution is -2.62. The maximum Gasteiger partial charge on any atom is 0.303 e. The van der Waals surface area contributed by atoms with Gasteiger partial charge in [-0.25, -0.2) is 4.99 Å². The maximum absolute atomic E-state index is 10.8. The molecule has 0 radical (unpaired) electrons. The minimum absolute atomic E-state index is 0.0625. The fourth-order valence-electron chi connectivity index (χ4n) is 3.85. The normalized spacial score (nSPS) is 37.6. The third-order valence-corrected chi connectivity index (χ3v) is 5.87. The van der Waals surface area contributed by atoms with E-state index in [-0.39, 0.29) is 32.2 Å². The van der Waals surface area contributed by atoms with E-state index in [1.165, 1.54) is 14.2 Å². The highest BCUT2D eigenvalue weighted by Crippen LogP contribution is 2.27. The average Bonchev–Trinajstić information content (AvgIpc) is 2.84. The van der Waals surface area contributed by atoms with Crippen LogP contribution in [0.4, 0.5) is 0 Å². The predicted octanol–water partition coefficient (Wildman–Crippen LogP) is -3.10. The van der Waals surface area contributed by atoms with Crippen LogP contribution in [0.15, 0.2) is 4.99 Å². The number of nitrogens with zero attached hydrogens (tertiary/aromatic N) is 1. The Morgan fingerprint density at radius 3 is 2.17 bits per heavy atom. The summed E-state index contributed by atoms with van der Waals surface area (Å²) in [5.41, 5.74) is 5.80. The summed E-state index contributed by atoms with van der Waals surface area (Å²) in [4.78, 5) is 14.6. The lowest BCUT2D eigenvalue weighted by Gasteiger charge is -2.43. The fraction of sp³-hybridized carbons (Fsp3) is 0.905. The molecule has 0 aromatic rings. The Bertz CT molecular complexity index is 697. The average molecular weight is 527 g/mol. The molecule has 0 aromatic heterocycles. The number of aliphatic hydroxyl groups excluding tert-OH is 5. The molecular weight excluding hydrogens is 488 g/mol. The molecule has 2 heterocycles. The van der Waals surface area contributed by atoms with Crippen molar-refractivity contribution < 1.29 is 63.9 Å². The first-order chi connectivity index (χ1) is 17.1. The topological polar surface area (TPSA) is 232 Å². The molecule has 15 nitrogen and oxygen atoms in total. The SMILES string of the molecule is COCC1O[C@@H](OCC2O[C@H](OC)C(O)[C@@H](O)[C@@H]2O)C(O)[C@@H](OC(N)=NCCCCCC(=O)O)[C@@H]1O. The number of nitrogens with two attached hydrogens (primary N) is 1. The molecule has 4 unspecified atom stereocenters. The summed E-state index contributed by atoms with van der Waals surface area (Å²) in [7, 11) is 2.64. The fourth-order valence-corrected chi connectivity index (χ4v) is 3.85. The minimum Gasteiger partial charge on any atom is -0.481 e. The number of carboxylic acids is 1. The zero-order chi connectivity index (χ0) is 26.8. The number of hydrogen-bond acceptors (Lipinski definition) is 13. The van der Waals surface area contributed by atoms with E-state index in [1.807, 2.05) is 0 Å². The first-order valence-electron chi connectivity index (χ1n) is 11.6. The minimum atomic E-state index is -1.56. The Morgan fingerprint density at radius 1 is 0.861 bits per heavy atom. The van der Waals surface area contributed by atoms with Gasteiger partial charge in [-0.15, -0.1) is 0 Å². The van der Waals surface area contributed by atoms with Crippen LogP contribution in [-0.4, -0.2) is 138 Å². The molecule has 15 heteroatoms. The van der Waals surface area contributed by atoms with E-state index in [4.69, 9.17) is 39.3 Å². The molecule has 36 heavy (non-hydrogen) atoms. The highest BCUT2D eigenvalue weighted by Gasteiger charge is 2.49. The van der Waals surface area contributed by atoms with Gasteiger partial charge < -0.3 is 64.8 Å². The number of methoxy groups -OCH3 is 2. The van der Waals surface area contributed by atoms with Gasteiger partial charge in [0, 0.05) is 27.2 Å². The van der Waals surface area contributed by atoms with Crippen molar-refractivity contribution in [1.29, 1.82) is 0 Å². The van der Waals surface area contributed by atoms with Crippen molar-refractivity contribution >= 4 is 12.0 Å². The van der Waals surface area contributed by atoms with Crippen molar-refractivity contribution in [1.82, 2.24) is 0 Å². The number of aliphatic imine (C=N–C) groups is 1. The maximum atomic E-state index is 10.8. The van der Waals surface area contributed by atoms with Crippen LogP contribution >= 0.6 is 0 Å². The summed E-state index contributed by atoms with van der Waals surface area (Å²) in [6.07, 6.45) is -11.7. The lowest BCUT2D eigenvalue weighted by molar-refractivity contribution is -0.327. The van der Waals surface area contributed by atoms with Gasteiger partial charge in [0.05, 0.1) is 13.2 Å². The number of carbonyl (C=O) groups is 1. The summed E-state index contributed by atoms with van der Waals surface area (Å²) < 4.78 is 32.1. The van der Waals surface area contributed by atoms with Crippen LogP contribution in [-0.2, 0) is 33.2 Å². The highest BCUT2D eigenvalue weighted by atomic mass is 16.7. The van der Waals surface area contributed by atoms with Gasteiger partial charge in [0.1, 0.15) is 42.7 Å². The molecule has 8 N–H and O–H groups in total. The molecule has 0 aliphatic carbocycles. The second-order valence-electron chi connectivity index (χ2n) is 8.57. The van der Waals surface area contributed by atoms with Crippen LogP contribution in [0, 0.1) is 0 Å². The van der Waals surface area contributed by atoms with Crippen LogP contribution < -0.4 is 5.73 Å². The van der Waals surface area contributed by atoms with Gasteiger partial charge in [0.25, 0.3) is 6.02 Å². The van der Waals surface area contributed by atoms with Crippen LogP contribution in [0.3, 0.4) is 0 Å². The van der Waals surface area contributed by atoms with Crippen molar-refractivity contribution in [3.05, 3.63) is 0 Å². The van der Waals surface area contributed by atoms with E-state index in [0.717, 1.165) is 0 Å².